The lowest BCUT2D eigenvalue weighted by Gasteiger charge is -2.36. The van der Waals surface area contributed by atoms with Crippen molar-refractivity contribution < 1.29 is 9.59 Å². The van der Waals surface area contributed by atoms with E-state index in [1.165, 1.54) is 6.33 Å². The second-order valence-electron chi connectivity index (χ2n) is 9.02. The van der Waals surface area contributed by atoms with E-state index in [1.807, 2.05) is 35.2 Å². The van der Waals surface area contributed by atoms with Gasteiger partial charge >= 0.3 is 0 Å². The Kier molecular flexibility index (Phi) is 6.84. The van der Waals surface area contributed by atoms with Gasteiger partial charge in [0.15, 0.2) is 0 Å². The first-order chi connectivity index (χ1) is 17.5. The molecule has 5 rings (SSSR count). The van der Waals surface area contributed by atoms with Crippen LogP contribution in [0, 0.1) is 0 Å². The number of benzene rings is 2. The monoisotopic (exact) mass is 480 g/mol. The molecule has 0 saturated carbocycles. The zero-order chi connectivity index (χ0) is 24.9. The van der Waals surface area contributed by atoms with Crippen molar-refractivity contribution in [3.8, 4) is 11.3 Å². The highest BCUT2D eigenvalue weighted by molar-refractivity contribution is 5.92. The average molecular weight is 481 g/mol. The largest absolute Gasteiger partial charge is 0.368 e. The number of imidazole rings is 1. The van der Waals surface area contributed by atoms with E-state index < -0.39 is 0 Å². The lowest BCUT2D eigenvalue weighted by Crippen LogP contribution is -2.48. The molecular weight excluding hydrogens is 452 g/mol. The molecule has 0 bridgehead atoms. The van der Waals surface area contributed by atoms with E-state index in [2.05, 4.69) is 44.1 Å². The van der Waals surface area contributed by atoms with E-state index in [0.717, 1.165) is 47.0 Å². The Balaban J connectivity index is 1.19. The van der Waals surface area contributed by atoms with Crippen molar-refractivity contribution in [2.24, 2.45) is 0 Å². The maximum absolute atomic E-state index is 12.5. The van der Waals surface area contributed by atoms with Crippen molar-refractivity contribution in [3.05, 3.63) is 96.0 Å². The molecular formula is C28H28N6O2. The highest BCUT2D eigenvalue weighted by atomic mass is 16.2. The molecule has 1 N–H and O–H groups in total. The normalized spacial score (nSPS) is 13.6. The molecule has 1 aliphatic heterocycles. The number of anilines is 1. The summed E-state index contributed by atoms with van der Waals surface area (Å²) in [5.41, 5.74) is 5.70. The molecule has 3 heterocycles. The summed E-state index contributed by atoms with van der Waals surface area (Å²) in [6.07, 6.45) is 5.98. The summed E-state index contributed by atoms with van der Waals surface area (Å²) in [6, 6.07) is 18.3. The number of ketones is 1. The van der Waals surface area contributed by atoms with Gasteiger partial charge in [-0.2, -0.15) is 0 Å². The van der Waals surface area contributed by atoms with Crippen LogP contribution in [-0.2, 0) is 17.6 Å². The van der Waals surface area contributed by atoms with Gasteiger partial charge in [0.1, 0.15) is 17.3 Å². The highest BCUT2D eigenvalue weighted by Crippen LogP contribution is 2.21. The van der Waals surface area contributed by atoms with Gasteiger partial charge < -0.3 is 14.8 Å². The number of nitrogens with one attached hydrogen (secondary N) is 1. The van der Waals surface area contributed by atoms with Gasteiger partial charge in [0.25, 0.3) is 5.91 Å². The number of carbonyl (C=O) groups excluding carboxylic acids is 2. The molecule has 2 aromatic heterocycles. The first kappa shape index (κ1) is 23.4. The minimum Gasteiger partial charge on any atom is -0.368 e. The first-order valence-corrected chi connectivity index (χ1v) is 12.1. The zero-order valence-electron chi connectivity index (χ0n) is 20.2. The van der Waals surface area contributed by atoms with Crippen LogP contribution in [-0.4, -0.2) is 62.7 Å². The quantitative estimate of drug-likeness (QED) is 0.435. The van der Waals surface area contributed by atoms with Gasteiger partial charge in [0, 0.05) is 56.5 Å². The standard InChI is InChI=1S/C28H28N6O2/c1-20(35)16-21-2-6-23(7-3-21)25-10-11-30-27(32-25)17-22-4-8-24(9-5-22)33-12-14-34(15-13-33)28(36)26-18-29-19-31-26/h2-11,18-19H,12-17H2,1H3,(H,29,31). The summed E-state index contributed by atoms with van der Waals surface area (Å²) in [5, 5.41) is 0. The molecule has 36 heavy (non-hydrogen) atoms. The maximum atomic E-state index is 12.5. The molecule has 0 unspecified atom stereocenters. The number of H-pyrrole nitrogens is 1. The molecule has 1 aliphatic rings. The summed E-state index contributed by atoms with van der Waals surface area (Å²) in [4.78, 5) is 44.0. The van der Waals surface area contributed by atoms with Crippen molar-refractivity contribution in [3.63, 3.8) is 0 Å². The van der Waals surface area contributed by atoms with Crippen LogP contribution in [0.1, 0.15) is 34.4 Å². The van der Waals surface area contributed by atoms with Gasteiger partial charge in [0.05, 0.1) is 18.2 Å². The van der Waals surface area contributed by atoms with Crippen molar-refractivity contribution in [1.82, 2.24) is 24.8 Å². The number of carbonyl (C=O) groups is 2. The van der Waals surface area contributed by atoms with Gasteiger partial charge in [-0.3, -0.25) is 9.59 Å². The average Bonchev–Trinajstić information content (AvgIpc) is 3.44. The Hall–Kier alpha value is -4.33. The van der Waals surface area contributed by atoms with E-state index in [-0.39, 0.29) is 11.7 Å². The molecule has 8 heteroatoms. The molecule has 2 aromatic carbocycles. The predicted octanol–water partition coefficient (Wildman–Crippen LogP) is 3.55. The number of hydrogen-bond acceptors (Lipinski definition) is 6. The van der Waals surface area contributed by atoms with Gasteiger partial charge in [0.2, 0.25) is 0 Å². The molecule has 0 radical (unpaired) electrons. The number of amides is 1. The zero-order valence-corrected chi connectivity index (χ0v) is 20.2. The van der Waals surface area contributed by atoms with Crippen LogP contribution in [0.2, 0.25) is 0 Å². The fraction of sp³-hybridized carbons (Fsp3) is 0.250. The number of hydrogen-bond donors (Lipinski definition) is 1. The van der Waals surface area contributed by atoms with Gasteiger partial charge in [-0.25, -0.2) is 15.0 Å². The van der Waals surface area contributed by atoms with Crippen LogP contribution in [0.5, 0.6) is 0 Å². The molecule has 0 spiro atoms. The Morgan fingerprint density at radius 3 is 2.31 bits per heavy atom. The molecule has 1 saturated heterocycles. The van der Waals surface area contributed by atoms with Crippen LogP contribution in [0.4, 0.5) is 5.69 Å². The summed E-state index contributed by atoms with van der Waals surface area (Å²) in [6.45, 7) is 4.53. The second-order valence-corrected chi connectivity index (χ2v) is 9.02. The lowest BCUT2D eigenvalue weighted by molar-refractivity contribution is -0.116. The van der Waals surface area contributed by atoms with E-state index >= 15 is 0 Å². The molecule has 1 fully saturated rings. The Bertz CT molecular complexity index is 1330. The second kappa shape index (κ2) is 10.5. The van der Waals surface area contributed by atoms with Crippen LogP contribution in [0.25, 0.3) is 11.3 Å². The number of piperazine rings is 1. The molecule has 0 atom stereocenters. The predicted molar refractivity (Wildman–Crippen MR) is 138 cm³/mol. The fourth-order valence-electron chi connectivity index (χ4n) is 4.44. The van der Waals surface area contributed by atoms with E-state index in [1.54, 1.807) is 19.3 Å². The SMILES string of the molecule is CC(=O)Cc1ccc(-c2ccnc(Cc3ccc(N4CCN(C(=O)c5cnc[nH]5)CC4)cc3)n2)cc1. The summed E-state index contributed by atoms with van der Waals surface area (Å²) in [7, 11) is 0. The first-order valence-electron chi connectivity index (χ1n) is 12.1. The Morgan fingerprint density at radius 1 is 0.917 bits per heavy atom. The van der Waals surface area contributed by atoms with Crippen LogP contribution < -0.4 is 4.90 Å². The van der Waals surface area contributed by atoms with Gasteiger partial charge in [-0.15, -0.1) is 0 Å². The summed E-state index contributed by atoms with van der Waals surface area (Å²) < 4.78 is 0. The van der Waals surface area contributed by atoms with E-state index in [4.69, 9.17) is 4.98 Å². The number of nitrogens with zero attached hydrogens (tertiary/aromatic N) is 5. The Morgan fingerprint density at radius 2 is 1.64 bits per heavy atom. The van der Waals surface area contributed by atoms with E-state index in [9.17, 15) is 9.59 Å². The lowest BCUT2D eigenvalue weighted by atomic mass is 10.1. The van der Waals surface area contributed by atoms with Crippen LogP contribution >= 0.6 is 0 Å². The van der Waals surface area contributed by atoms with Gasteiger partial charge in [-0.1, -0.05) is 36.4 Å². The minimum absolute atomic E-state index is 0.00303. The van der Waals surface area contributed by atoms with Crippen molar-refractivity contribution in [2.45, 2.75) is 19.8 Å². The third kappa shape index (κ3) is 5.49. The van der Waals surface area contributed by atoms with E-state index in [0.29, 0.717) is 31.6 Å². The Labute approximate surface area is 210 Å². The molecule has 1 amide bonds. The number of Topliss-reactive ketones (excluding diaryl/α,β-unsaturated/α-hetero) is 1. The maximum Gasteiger partial charge on any atom is 0.272 e. The molecule has 182 valence electrons. The van der Waals surface area contributed by atoms with Crippen molar-refractivity contribution in [2.75, 3.05) is 31.1 Å². The fourth-order valence-corrected chi connectivity index (χ4v) is 4.44. The third-order valence-corrected chi connectivity index (χ3v) is 6.37. The number of aromatic amines is 1. The van der Waals surface area contributed by atoms with Crippen LogP contribution in [0.3, 0.4) is 0 Å². The van der Waals surface area contributed by atoms with Crippen LogP contribution in [0.15, 0.2) is 73.3 Å². The van der Waals surface area contributed by atoms with Gasteiger partial charge in [-0.05, 0) is 36.2 Å². The summed E-state index contributed by atoms with van der Waals surface area (Å²) in [5.74, 6) is 0.913. The smallest absolute Gasteiger partial charge is 0.272 e. The number of aromatic nitrogens is 4. The van der Waals surface area contributed by atoms with Crippen molar-refractivity contribution in [1.29, 1.82) is 0 Å². The summed E-state index contributed by atoms with van der Waals surface area (Å²) >= 11 is 0. The minimum atomic E-state index is -0.00303. The molecule has 4 aromatic rings. The number of rotatable bonds is 7. The molecule has 0 aliphatic carbocycles. The third-order valence-electron chi connectivity index (χ3n) is 6.37. The highest BCUT2D eigenvalue weighted by Gasteiger charge is 2.23. The van der Waals surface area contributed by atoms with Crippen molar-refractivity contribution >= 4 is 17.4 Å². The topological polar surface area (TPSA) is 95.1 Å². The molecule has 8 nitrogen and oxygen atoms in total.